The minimum absolute atomic E-state index is 0.612. The average molecular weight is 188 g/mol. The van der Waals surface area contributed by atoms with Gasteiger partial charge in [0.1, 0.15) is 5.82 Å². The maximum Gasteiger partial charge on any atom is 0.155 e. The summed E-state index contributed by atoms with van der Waals surface area (Å²) in [5, 5.41) is 4.25. The molecule has 72 valence electrons. The maximum absolute atomic E-state index is 5.78. The summed E-state index contributed by atoms with van der Waals surface area (Å²) in [7, 11) is 0. The highest BCUT2D eigenvalue weighted by molar-refractivity contribution is 5.39. The molecule has 0 atom stereocenters. The molecule has 0 spiro atoms. The Hall–Kier alpha value is -1.84. The van der Waals surface area contributed by atoms with E-state index in [2.05, 4.69) is 10.1 Å². The first-order valence-electron chi connectivity index (χ1n) is 4.43. The number of aryl methyl sites for hydroxylation is 2. The third kappa shape index (κ3) is 1.46. The number of nitrogens with two attached hydrogens (primary N) is 1. The third-order valence-corrected chi connectivity index (χ3v) is 1.95. The molecule has 4 heteroatoms. The van der Waals surface area contributed by atoms with Crippen molar-refractivity contribution in [2.24, 2.45) is 0 Å². The monoisotopic (exact) mass is 188 g/mol. The molecule has 0 aliphatic rings. The summed E-state index contributed by atoms with van der Waals surface area (Å²) < 4.78 is 1.64. The summed E-state index contributed by atoms with van der Waals surface area (Å²) in [6, 6.07) is 7.59. The summed E-state index contributed by atoms with van der Waals surface area (Å²) in [5.74, 6) is 1.37. The van der Waals surface area contributed by atoms with Gasteiger partial charge < -0.3 is 5.73 Å². The molecule has 2 N–H and O–H groups in total. The highest BCUT2D eigenvalue weighted by Crippen LogP contribution is 2.11. The molecule has 0 fully saturated rings. The number of nitrogen functional groups attached to an aromatic ring is 1. The lowest BCUT2D eigenvalue weighted by molar-refractivity contribution is 0.836. The van der Waals surface area contributed by atoms with Crippen molar-refractivity contribution in [2.45, 2.75) is 13.8 Å². The van der Waals surface area contributed by atoms with Crippen LogP contribution in [0.15, 0.2) is 24.3 Å². The summed E-state index contributed by atoms with van der Waals surface area (Å²) >= 11 is 0. The van der Waals surface area contributed by atoms with Crippen LogP contribution in [-0.4, -0.2) is 14.8 Å². The highest BCUT2D eigenvalue weighted by atomic mass is 15.3. The van der Waals surface area contributed by atoms with E-state index >= 15 is 0 Å². The standard InChI is InChI=1S/C10H12N4/c1-7-4-3-5-10(12-7)14-9(11)6-8(2)13-14/h3-6H,11H2,1-2H3. The predicted molar refractivity (Wildman–Crippen MR) is 55.2 cm³/mol. The van der Waals surface area contributed by atoms with Gasteiger partial charge in [0.2, 0.25) is 0 Å². The van der Waals surface area contributed by atoms with Crippen molar-refractivity contribution >= 4 is 5.82 Å². The first-order chi connectivity index (χ1) is 6.66. The summed E-state index contributed by atoms with van der Waals surface area (Å²) in [4.78, 5) is 4.34. The van der Waals surface area contributed by atoms with E-state index < -0.39 is 0 Å². The third-order valence-electron chi connectivity index (χ3n) is 1.95. The molecule has 2 aromatic rings. The molecule has 2 aromatic heterocycles. The molecule has 0 aliphatic carbocycles. The van der Waals surface area contributed by atoms with Crippen LogP contribution in [-0.2, 0) is 0 Å². The Morgan fingerprint density at radius 2 is 2.00 bits per heavy atom. The second-order valence-corrected chi connectivity index (χ2v) is 3.26. The molecule has 0 saturated heterocycles. The van der Waals surface area contributed by atoms with E-state index in [1.807, 2.05) is 38.1 Å². The fourth-order valence-corrected chi connectivity index (χ4v) is 1.35. The van der Waals surface area contributed by atoms with Gasteiger partial charge in [0.05, 0.1) is 5.69 Å². The Balaban J connectivity index is 2.54. The molecule has 0 radical (unpaired) electrons. The Bertz CT molecular complexity index is 459. The van der Waals surface area contributed by atoms with Crippen LogP contribution in [0.25, 0.3) is 5.82 Å². The van der Waals surface area contributed by atoms with E-state index in [-0.39, 0.29) is 0 Å². The Morgan fingerprint density at radius 3 is 2.57 bits per heavy atom. The van der Waals surface area contributed by atoms with Crippen LogP contribution >= 0.6 is 0 Å². The molecule has 14 heavy (non-hydrogen) atoms. The van der Waals surface area contributed by atoms with E-state index in [0.29, 0.717) is 5.82 Å². The van der Waals surface area contributed by atoms with Crippen molar-refractivity contribution in [1.82, 2.24) is 14.8 Å². The minimum Gasteiger partial charge on any atom is -0.384 e. The fourth-order valence-electron chi connectivity index (χ4n) is 1.35. The van der Waals surface area contributed by atoms with Crippen molar-refractivity contribution in [3.05, 3.63) is 35.7 Å². The van der Waals surface area contributed by atoms with Crippen LogP contribution in [0, 0.1) is 13.8 Å². The summed E-state index contributed by atoms with van der Waals surface area (Å²) in [6.07, 6.45) is 0. The van der Waals surface area contributed by atoms with Crippen molar-refractivity contribution < 1.29 is 0 Å². The topological polar surface area (TPSA) is 56.7 Å². The highest BCUT2D eigenvalue weighted by Gasteiger charge is 2.04. The molecule has 0 unspecified atom stereocenters. The smallest absolute Gasteiger partial charge is 0.155 e. The van der Waals surface area contributed by atoms with E-state index in [1.54, 1.807) is 4.68 Å². The quantitative estimate of drug-likeness (QED) is 0.737. The van der Waals surface area contributed by atoms with Gasteiger partial charge in [-0.1, -0.05) is 6.07 Å². The zero-order valence-electron chi connectivity index (χ0n) is 8.23. The minimum atomic E-state index is 0.612. The van der Waals surface area contributed by atoms with E-state index in [4.69, 9.17) is 5.73 Å². The Morgan fingerprint density at radius 1 is 1.21 bits per heavy atom. The Labute approximate surface area is 82.4 Å². The zero-order valence-corrected chi connectivity index (χ0v) is 8.23. The van der Waals surface area contributed by atoms with Crippen molar-refractivity contribution in [1.29, 1.82) is 0 Å². The molecule has 0 aromatic carbocycles. The van der Waals surface area contributed by atoms with Crippen molar-refractivity contribution in [3.8, 4) is 5.82 Å². The van der Waals surface area contributed by atoms with Crippen LogP contribution < -0.4 is 5.73 Å². The first-order valence-corrected chi connectivity index (χ1v) is 4.43. The maximum atomic E-state index is 5.78. The molecular formula is C10H12N4. The zero-order chi connectivity index (χ0) is 10.1. The number of hydrogen-bond acceptors (Lipinski definition) is 3. The molecule has 0 amide bonds. The summed E-state index contributed by atoms with van der Waals surface area (Å²) in [6.45, 7) is 3.85. The molecule has 0 aliphatic heterocycles. The van der Waals surface area contributed by atoms with Gasteiger partial charge in [0.25, 0.3) is 0 Å². The first kappa shape index (κ1) is 8.74. The lowest BCUT2D eigenvalue weighted by Gasteiger charge is -2.02. The van der Waals surface area contributed by atoms with Gasteiger partial charge in [-0.3, -0.25) is 0 Å². The molecule has 2 heterocycles. The lowest BCUT2D eigenvalue weighted by Crippen LogP contribution is -2.04. The lowest BCUT2D eigenvalue weighted by atomic mass is 10.4. The largest absolute Gasteiger partial charge is 0.384 e. The fraction of sp³-hybridized carbons (Fsp3) is 0.200. The average Bonchev–Trinajstić information content (AvgIpc) is 2.45. The van der Waals surface area contributed by atoms with Gasteiger partial charge in [-0.25, -0.2) is 4.98 Å². The van der Waals surface area contributed by atoms with Crippen LogP contribution in [0.5, 0.6) is 0 Å². The number of aromatic nitrogens is 3. The van der Waals surface area contributed by atoms with E-state index in [0.717, 1.165) is 17.2 Å². The van der Waals surface area contributed by atoms with Crippen molar-refractivity contribution in [2.75, 3.05) is 5.73 Å². The van der Waals surface area contributed by atoms with Crippen LogP contribution in [0.4, 0.5) is 5.82 Å². The summed E-state index contributed by atoms with van der Waals surface area (Å²) in [5.41, 5.74) is 7.63. The van der Waals surface area contributed by atoms with E-state index in [9.17, 15) is 0 Å². The van der Waals surface area contributed by atoms with Gasteiger partial charge in [-0.15, -0.1) is 0 Å². The second-order valence-electron chi connectivity index (χ2n) is 3.26. The SMILES string of the molecule is Cc1cccc(-n2nc(C)cc2N)n1. The van der Waals surface area contributed by atoms with Crippen LogP contribution in [0.3, 0.4) is 0 Å². The van der Waals surface area contributed by atoms with Gasteiger partial charge in [-0.2, -0.15) is 9.78 Å². The number of pyridine rings is 1. The van der Waals surface area contributed by atoms with Gasteiger partial charge in [0.15, 0.2) is 5.82 Å². The number of nitrogens with zero attached hydrogens (tertiary/aromatic N) is 3. The van der Waals surface area contributed by atoms with Gasteiger partial charge >= 0.3 is 0 Å². The molecule has 4 nitrogen and oxygen atoms in total. The molecule has 0 saturated carbocycles. The predicted octanol–water partition coefficient (Wildman–Crippen LogP) is 1.47. The number of hydrogen-bond donors (Lipinski definition) is 1. The normalized spacial score (nSPS) is 10.4. The number of anilines is 1. The van der Waals surface area contributed by atoms with Gasteiger partial charge in [0, 0.05) is 11.8 Å². The second kappa shape index (κ2) is 3.14. The van der Waals surface area contributed by atoms with Gasteiger partial charge in [-0.05, 0) is 26.0 Å². The molecular weight excluding hydrogens is 176 g/mol. The van der Waals surface area contributed by atoms with Crippen molar-refractivity contribution in [3.63, 3.8) is 0 Å². The van der Waals surface area contributed by atoms with E-state index in [1.165, 1.54) is 0 Å². The molecule has 2 rings (SSSR count). The Kier molecular flexibility index (Phi) is 1.96. The van der Waals surface area contributed by atoms with Crippen LogP contribution in [0.1, 0.15) is 11.4 Å². The van der Waals surface area contributed by atoms with Crippen LogP contribution in [0.2, 0.25) is 0 Å². The molecule has 0 bridgehead atoms. The number of rotatable bonds is 1.